The Labute approximate surface area is 124 Å². The maximum atomic E-state index is 4.62. The third-order valence-electron chi connectivity index (χ3n) is 3.43. The van der Waals surface area contributed by atoms with Gasteiger partial charge in [-0.3, -0.25) is 4.99 Å². The maximum absolute atomic E-state index is 4.62. The van der Waals surface area contributed by atoms with Crippen molar-refractivity contribution in [3.05, 3.63) is 83.9 Å². The van der Waals surface area contributed by atoms with Crippen LogP contribution in [0.5, 0.6) is 0 Å². The fourth-order valence-electron chi connectivity index (χ4n) is 2.39. The molecule has 0 fully saturated rings. The van der Waals surface area contributed by atoms with Crippen molar-refractivity contribution >= 4 is 23.3 Å². The van der Waals surface area contributed by atoms with Crippen molar-refractivity contribution in [2.75, 3.05) is 0 Å². The molecular formula is C19H16N2. The van der Waals surface area contributed by atoms with Crippen LogP contribution in [0.1, 0.15) is 11.1 Å². The lowest BCUT2D eigenvalue weighted by atomic mass is 10.0. The molecular weight excluding hydrogens is 256 g/mol. The van der Waals surface area contributed by atoms with Gasteiger partial charge in [-0.25, -0.2) is 4.99 Å². The molecule has 3 aromatic rings. The van der Waals surface area contributed by atoms with E-state index < -0.39 is 0 Å². The van der Waals surface area contributed by atoms with Crippen molar-refractivity contribution in [1.29, 1.82) is 0 Å². The van der Waals surface area contributed by atoms with Crippen LogP contribution in [0, 0.1) is 0 Å². The van der Waals surface area contributed by atoms with Crippen LogP contribution in [0.25, 0.3) is 10.8 Å². The van der Waals surface area contributed by atoms with Gasteiger partial charge in [0.2, 0.25) is 0 Å². The Hall–Kier alpha value is -2.74. The Morgan fingerprint density at radius 3 is 2.33 bits per heavy atom. The zero-order valence-electron chi connectivity index (χ0n) is 11.7. The summed E-state index contributed by atoms with van der Waals surface area (Å²) in [5.74, 6) is 0.690. The topological polar surface area (TPSA) is 24.7 Å². The first-order valence-corrected chi connectivity index (χ1v) is 6.92. The lowest BCUT2D eigenvalue weighted by molar-refractivity contribution is 1.06. The summed E-state index contributed by atoms with van der Waals surface area (Å²) < 4.78 is 0. The van der Waals surface area contributed by atoms with Gasteiger partial charge in [0.1, 0.15) is 0 Å². The molecule has 0 unspecified atom stereocenters. The molecule has 0 aromatic heterocycles. The number of hydrogen-bond acceptors (Lipinski definition) is 1. The highest BCUT2D eigenvalue weighted by Crippen LogP contribution is 2.20. The summed E-state index contributed by atoms with van der Waals surface area (Å²) >= 11 is 0. The Bertz CT molecular complexity index is 784. The molecule has 2 nitrogen and oxygen atoms in total. The molecule has 0 heterocycles. The molecule has 2 heteroatoms. The average Bonchev–Trinajstić information content (AvgIpc) is 2.56. The van der Waals surface area contributed by atoms with Gasteiger partial charge in [-0.2, -0.15) is 0 Å². The maximum Gasteiger partial charge on any atom is 0.154 e. The molecule has 0 saturated heterocycles. The monoisotopic (exact) mass is 272 g/mol. The van der Waals surface area contributed by atoms with Crippen molar-refractivity contribution in [3.63, 3.8) is 0 Å². The van der Waals surface area contributed by atoms with Crippen LogP contribution in [-0.4, -0.2) is 12.6 Å². The van der Waals surface area contributed by atoms with E-state index in [9.17, 15) is 0 Å². The molecule has 0 aliphatic heterocycles. The summed E-state index contributed by atoms with van der Waals surface area (Å²) in [4.78, 5) is 8.74. The molecule has 0 aliphatic rings. The second kappa shape index (κ2) is 6.14. The smallest absolute Gasteiger partial charge is 0.154 e. The van der Waals surface area contributed by atoms with Crippen LogP contribution in [0.2, 0.25) is 0 Å². The zero-order chi connectivity index (χ0) is 14.5. The van der Waals surface area contributed by atoms with E-state index in [1.54, 1.807) is 0 Å². The Kier molecular flexibility index (Phi) is 3.88. The summed E-state index contributed by atoms with van der Waals surface area (Å²) in [5.41, 5.74) is 2.19. The van der Waals surface area contributed by atoms with Crippen LogP contribution in [0.4, 0.5) is 0 Å². The molecule has 0 N–H and O–H groups in total. The summed E-state index contributed by atoms with van der Waals surface area (Å²) in [7, 11) is 0. The normalized spacial score (nSPS) is 11.5. The number of aliphatic imine (C=N–C) groups is 2. The highest BCUT2D eigenvalue weighted by Gasteiger charge is 2.05. The fraction of sp³-hybridized carbons (Fsp3) is 0.0526. The van der Waals surface area contributed by atoms with Gasteiger partial charge in [0.05, 0.1) is 6.54 Å². The minimum absolute atomic E-state index is 0.610. The molecule has 0 aliphatic carbocycles. The van der Waals surface area contributed by atoms with Crippen molar-refractivity contribution in [3.8, 4) is 0 Å². The first-order valence-electron chi connectivity index (χ1n) is 6.92. The molecule has 3 rings (SSSR count). The summed E-state index contributed by atoms with van der Waals surface area (Å²) in [6.07, 6.45) is 0. The van der Waals surface area contributed by atoms with Crippen molar-refractivity contribution in [1.82, 2.24) is 0 Å². The van der Waals surface area contributed by atoms with Gasteiger partial charge in [0.15, 0.2) is 5.84 Å². The van der Waals surface area contributed by atoms with Crippen LogP contribution in [-0.2, 0) is 6.54 Å². The molecule has 0 spiro atoms. The predicted octanol–water partition coefficient (Wildman–Crippen LogP) is 4.49. The minimum atomic E-state index is 0.610. The lowest BCUT2D eigenvalue weighted by Gasteiger charge is -2.06. The average molecular weight is 272 g/mol. The van der Waals surface area contributed by atoms with E-state index in [1.165, 1.54) is 10.9 Å². The molecule has 0 radical (unpaired) electrons. The van der Waals surface area contributed by atoms with Gasteiger partial charge in [0.25, 0.3) is 0 Å². The molecule has 0 atom stereocenters. The van der Waals surface area contributed by atoms with E-state index in [4.69, 9.17) is 0 Å². The van der Waals surface area contributed by atoms with Crippen LogP contribution in [0.3, 0.4) is 0 Å². The number of amidine groups is 1. The summed E-state index contributed by atoms with van der Waals surface area (Å²) in [5, 5.41) is 2.34. The molecule has 0 amide bonds. The molecule has 0 bridgehead atoms. The Morgan fingerprint density at radius 2 is 1.52 bits per heavy atom. The number of rotatable bonds is 3. The Balaban J connectivity index is 2.00. The van der Waals surface area contributed by atoms with Crippen molar-refractivity contribution < 1.29 is 0 Å². The van der Waals surface area contributed by atoms with Gasteiger partial charge in [-0.1, -0.05) is 72.8 Å². The van der Waals surface area contributed by atoms with Gasteiger partial charge < -0.3 is 0 Å². The zero-order valence-corrected chi connectivity index (χ0v) is 11.7. The summed E-state index contributed by atoms with van der Waals surface area (Å²) in [6.45, 7) is 4.29. The largest absolute Gasteiger partial charge is 0.261 e. The molecule has 21 heavy (non-hydrogen) atoms. The SMILES string of the molecule is C=N/C(=N\Cc1ccccc1)c1cccc2ccccc12. The predicted molar refractivity (Wildman–Crippen MR) is 90.2 cm³/mol. The third-order valence-corrected chi connectivity index (χ3v) is 3.43. The van der Waals surface area contributed by atoms with Gasteiger partial charge in [-0.15, -0.1) is 0 Å². The van der Waals surface area contributed by atoms with E-state index in [1.807, 2.05) is 42.5 Å². The van der Waals surface area contributed by atoms with E-state index in [-0.39, 0.29) is 0 Å². The highest BCUT2D eigenvalue weighted by atomic mass is 14.9. The number of fused-ring (bicyclic) bond motifs is 1. The van der Waals surface area contributed by atoms with Crippen molar-refractivity contribution in [2.45, 2.75) is 6.54 Å². The van der Waals surface area contributed by atoms with E-state index in [0.29, 0.717) is 12.4 Å². The van der Waals surface area contributed by atoms with Crippen LogP contribution < -0.4 is 0 Å². The number of nitrogens with zero attached hydrogens (tertiary/aromatic N) is 2. The number of benzene rings is 3. The van der Waals surface area contributed by atoms with E-state index in [2.05, 4.69) is 47.0 Å². The molecule has 102 valence electrons. The van der Waals surface area contributed by atoms with Gasteiger partial charge in [0, 0.05) is 5.56 Å². The second-order valence-corrected chi connectivity index (χ2v) is 4.81. The minimum Gasteiger partial charge on any atom is -0.261 e. The van der Waals surface area contributed by atoms with Gasteiger partial charge in [-0.05, 0) is 23.1 Å². The molecule has 3 aromatic carbocycles. The standard InChI is InChI=1S/C19H16N2/c1-20-19(21-14-15-8-3-2-4-9-15)18-13-7-11-16-10-5-6-12-17(16)18/h2-13H,1,14H2/b21-19-. The van der Waals surface area contributed by atoms with E-state index in [0.717, 1.165) is 10.9 Å². The van der Waals surface area contributed by atoms with Crippen LogP contribution in [0.15, 0.2) is 82.8 Å². The fourth-order valence-corrected chi connectivity index (χ4v) is 2.39. The molecule has 0 saturated carbocycles. The van der Waals surface area contributed by atoms with E-state index >= 15 is 0 Å². The first kappa shape index (κ1) is 13.3. The van der Waals surface area contributed by atoms with Gasteiger partial charge >= 0.3 is 0 Å². The van der Waals surface area contributed by atoms with Crippen LogP contribution >= 0.6 is 0 Å². The Morgan fingerprint density at radius 1 is 0.810 bits per heavy atom. The first-order chi connectivity index (χ1) is 10.4. The number of hydrogen-bond donors (Lipinski definition) is 0. The van der Waals surface area contributed by atoms with Crippen molar-refractivity contribution in [2.24, 2.45) is 9.98 Å². The quantitative estimate of drug-likeness (QED) is 0.496. The lowest BCUT2D eigenvalue weighted by Crippen LogP contribution is -1.99. The highest BCUT2D eigenvalue weighted by molar-refractivity contribution is 6.11. The summed E-state index contributed by atoms with van der Waals surface area (Å²) in [6, 6.07) is 24.6. The third kappa shape index (κ3) is 2.90. The second-order valence-electron chi connectivity index (χ2n) is 4.81.